The second-order valence-corrected chi connectivity index (χ2v) is 7.42. The van der Waals surface area contributed by atoms with E-state index in [-0.39, 0.29) is 21.6 Å². The molecule has 0 radical (unpaired) electrons. The van der Waals surface area contributed by atoms with Gasteiger partial charge in [-0.1, -0.05) is 23.7 Å². The minimum Gasteiger partial charge on any atom is -0.466 e. The number of anilines is 1. The first-order valence-corrected chi connectivity index (χ1v) is 9.39. The zero-order valence-electron chi connectivity index (χ0n) is 14.5. The van der Waals surface area contributed by atoms with Gasteiger partial charge >= 0.3 is 17.8 Å². The first kappa shape index (κ1) is 20.4. The Morgan fingerprint density at radius 3 is 2.54 bits per heavy atom. The van der Waals surface area contributed by atoms with Crippen LogP contribution in [-0.2, 0) is 9.53 Å². The first-order valence-electron chi connectivity index (χ1n) is 8.13. The Morgan fingerprint density at radius 1 is 1.29 bits per heavy atom. The highest BCUT2D eigenvalue weighted by atomic mass is 35.5. The van der Waals surface area contributed by atoms with Crippen LogP contribution in [0.15, 0.2) is 29.6 Å². The van der Waals surface area contributed by atoms with Crippen molar-refractivity contribution in [3.63, 3.8) is 0 Å². The molecule has 0 spiro atoms. The Morgan fingerprint density at radius 2 is 1.96 bits per heavy atom. The highest BCUT2D eigenvalue weighted by molar-refractivity contribution is 7.13. The van der Waals surface area contributed by atoms with Gasteiger partial charge in [0.1, 0.15) is 0 Å². The summed E-state index contributed by atoms with van der Waals surface area (Å²) < 4.78 is 46.4. The van der Waals surface area contributed by atoms with E-state index in [4.69, 9.17) is 11.6 Å². The topological polar surface area (TPSA) is 80.3 Å². The number of hydrogen-bond acceptors (Lipinski definition) is 6. The van der Waals surface area contributed by atoms with Crippen LogP contribution in [-0.4, -0.2) is 35.8 Å². The number of rotatable bonds is 6. The van der Waals surface area contributed by atoms with Crippen molar-refractivity contribution in [2.75, 3.05) is 12.4 Å². The number of esters is 1. The molecule has 1 atom stereocenters. The van der Waals surface area contributed by atoms with E-state index in [1.807, 2.05) is 5.32 Å². The molecular weight excluding hydrogens is 419 g/mol. The lowest BCUT2D eigenvalue weighted by molar-refractivity contribution is -0.203. The Labute approximate surface area is 167 Å². The molecule has 6 nitrogen and oxygen atoms in total. The van der Waals surface area contributed by atoms with E-state index in [1.54, 1.807) is 10.7 Å². The fourth-order valence-electron chi connectivity index (χ4n) is 2.50. The first-order chi connectivity index (χ1) is 13.2. The molecule has 28 heavy (non-hydrogen) atoms. The summed E-state index contributed by atoms with van der Waals surface area (Å²) in [6, 6.07) is 5.54. The summed E-state index contributed by atoms with van der Waals surface area (Å²) >= 11 is 6.80. The standard InChI is InChI=1S/C17H15ClF3N3O3S/c1-27-14(26)16(17(19,20)21,23-13(25)10-4-2-3-5-11(10)18)24-15-22-12(8-28-15)9-6-7-9/h2-5,8-9H,6-7H2,1H3,(H,22,24)(H,23,25)/t16-/m1/s1. The smallest absolute Gasteiger partial charge is 0.442 e. The van der Waals surface area contributed by atoms with Gasteiger partial charge in [-0.2, -0.15) is 13.2 Å². The minimum atomic E-state index is -5.23. The molecule has 0 saturated heterocycles. The van der Waals surface area contributed by atoms with Crippen LogP contribution in [0.2, 0.25) is 5.02 Å². The summed E-state index contributed by atoms with van der Waals surface area (Å²) in [5, 5.41) is 5.15. The maximum absolute atomic E-state index is 14.0. The summed E-state index contributed by atoms with van der Waals surface area (Å²) in [6.07, 6.45) is -3.41. The highest BCUT2D eigenvalue weighted by Crippen LogP contribution is 2.42. The Balaban J connectivity index is 1.98. The van der Waals surface area contributed by atoms with E-state index < -0.39 is 23.7 Å². The molecule has 1 amide bonds. The lowest BCUT2D eigenvalue weighted by Gasteiger charge is -2.34. The minimum absolute atomic E-state index is 0.0637. The molecule has 150 valence electrons. The molecule has 1 aromatic carbocycles. The number of alkyl halides is 3. The van der Waals surface area contributed by atoms with E-state index in [0.29, 0.717) is 5.69 Å². The third-order valence-corrected chi connectivity index (χ3v) is 5.25. The van der Waals surface area contributed by atoms with Gasteiger partial charge in [-0.25, -0.2) is 9.78 Å². The van der Waals surface area contributed by atoms with E-state index >= 15 is 0 Å². The van der Waals surface area contributed by atoms with Gasteiger partial charge in [0.25, 0.3) is 5.91 Å². The number of ether oxygens (including phenoxy) is 1. The molecule has 1 aliphatic rings. The van der Waals surface area contributed by atoms with Gasteiger partial charge in [0.2, 0.25) is 0 Å². The van der Waals surface area contributed by atoms with Crippen LogP contribution in [0, 0.1) is 0 Å². The van der Waals surface area contributed by atoms with Crippen LogP contribution < -0.4 is 10.6 Å². The maximum atomic E-state index is 14.0. The average molecular weight is 434 g/mol. The zero-order chi connectivity index (χ0) is 20.5. The number of aromatic nitrogens is 1. The largest absolute Gasteiger partial charge is 0.466 e. The molecule has 1 heterocycles. The van der Waals surface area contributed by atoms with Crippen LogP contribution in [0.5, 0.6) is 0 Å². The van der Waals surface area contributed by atoms with Gasteiger partial charge in [-0.05, 0) is 25.0 Å². The molecule has 1 aliphatic carbocycles. The number of carbonyl (C=O) groups excluding carboxylic acids is 2. The number of halogens is 4. The van der Waals surface area contributed by atoms with Crippen molar-refractivity contribution in [2.45, 2.75) is 30.6 Å². The number of thiazole rings is 1. The molecule has 2 N–H and O–H groups in total. The van der Waals surface area contributed by atoms with E-state index in [2.05, 4.69) is 9.72 Å². The molecule has 1 aromatic heterocycles. The van der Waals surface area contributed by atoms with Gasteiger partial charge in [0, 0.05) is 11.3 Å². The molecule has 2 aromatic rings. The van der Waals surface area contributed by atoms with Gasteiger partial charge in [0.15, 0.2) is 5.13 Å². The molecular formula is C17H15ClF3N3O3S. The molecule has 0 unspecified atom stereocenters. The summed E-state index contributed by atoms with van der Waals surface area (Å²) in [6.45, 7) is 0. The third-order valence-electron chi connectivity index (χ3n) is 4.15. The van der Waals surface area contributed by atoms with Gasteiger partial charge in [-0.15, -0.1) is 11.3 Å². The summed E-state index contributed by atoms with van der Waals surface area (Å²) in [7, 11) is 0.795. The van der Waals surface area contributed by atoms with E-state index in [1.165, 1.54) is 24.3 Å². The predicted octanol–water partition coefficient (Wildman–Crippen LogP) is 3.95. The lowest BCUT2D eigenvalue weighted by atomic mass is 10.1. The van der Waals surface area contributed by atoms with Crippen LogP contribution >= 0.6 is 22.9 Å². The monoisotopic (exact) mass is 433 g/mol. The van der Waals surface area contributed by atoms with Crippen LogP contribution in [0.25, 0.3) is 0 Å². The second-order valence-electron chi connectivity index (χ2n) is 6.15. The normalized spacial score (nSPS) is 16.2. The zero-order valence-corrected chi connectivity index (χ0v) is 16.0. The SMILES string of the molecule is COC(=O)[C@@](NC(=O)c1ccccc1Cl)(Nc1nc(C2CC2)cs1)C(F)(F)F. The number of nitrogens with one attached hydrogen (secondary N) is 2. The maximum Gasteiger partial charge on any atom is 0.442 e. The Bertz CT molecular complexity index is 901. The van der Waals surface area contributed by atoms with Crippen molar-refractivity contribution in [2.24, 2.45) is 0 Å². The van der Waals surface area contributed by atoms with Gasteiger partial charge < -0.3 is 15.4 Å². The van der Waals surface area contributed by atoms with E-state index in [9.17, 15) is 22.8 Å². The van der Waals surface area contributed by atoms with Crippen molar-refractivity contribution in [1.29, 1.82) is 0 Å². The summed E-state index contributed by atoms with van der Waals surface area (Å²) in [5.41, 5.74) is -3.11. The quantitative estimate of drug-likeness (QED) is 0.532. The molecule has 11 heteroatoms. The molecule has 0 bridgehead atoms. The Kier molecular flexibility index (Phi) is 5.53. The number of carbonyl (C=O) groups is 2. The van der Waals surface area contributed by atoms with Crippen molar-refractivity contribution in [1.82, 2.24) is 10.3 Å². The number of benzene rings is 1. The third kappa shape index (κ3) is 3.93. The number of hydrogen-bond donors (Lipinski definition) is 2. The predicted molar refractivity (Wildman–Crippen MR) is 97.4 cm³/mol. The van der Waals surface area contributed by atoms with Crippen LogP contribution in [0.1, 0.15) is 34.8 Å². The number of nitrogens with zero attached hydrogens (tertiary/aromatic N) is 1. The van der Waals surface area contributed by atoms with E-state index in [0.717, 1.165) is 31.3 Å². The van der Waals surface area contributed by atoms with Crippen molar-refractivity contribution in [3.8, 4) is 0 Å². The molecule has 0 aliphatic heterocycles. The molecule has 1 saturated carbocycles. The fourth-order valence-corrected chi connectivity index (χ4v) is 3.57. The summed E-state index contributed by atoms with van der Waals surface area (Å²) in [5.74, 6) is -2.72. The molecule has 3 rings (SSSR count). The van der Waals surface area contributed by atoms with Crippen LogP contribution in [0.3, 0.4) is 0 Å². The van der Waals surface area contributed by atoms with Gasteiger partial charge in [0.05, 0.1) is 23.4 Å². The average Bonchev–Trinajstić information content (AvgIpc) is 3.39. The Hall–Kier alpha value is -2.33. The van der Waals surface area contributed by atoms with Crippen molar-refractivity contribution >= 4 is 39.9 Å². The number of methoxy groups -OCH3 is 1. The lowest BCUT2D eigenvalue weighted by Crippen LogP contribution is -2.69. The van der Waals surface area contributed by atoms with Crippen molar-refractivity contribution < 1.29 is 27.5 Å². The van der Waals surface area contributed by atoms with Crippen molar-refractivity contribution in [3.05, 3.63) is 45.9 Å². The molecule has 1 fully saturated rings. The highest BCUT2D eigenvalue weighted by Gasteiger charge is 2.64. The van der Waals surface area contributed by atoms with Crippen LogP contribution in [0.4, 0.5) is 18.3 Å². The summed E-state index contributed by atoms with van der Waals surface area (Å²) in [4.78, 5) is 28.8. The second kappa shape index (κ2) is 7.59. The number of amides is 1. The fraction of sp³-hybridized carbons (Fsp3) is 0.353. The van der Waals surface area contributed by atoms with Gasteiger partial charge in [-0.3, -0.25) is 4.79 Å².